The number of rotatable bonds is 1. The second-order valence-electron chi connectivity index (χ2n) is 5.66. The zero-order chi connectivity index (χ0) is 13.4. The van der Waals surface area contributed by atoms with Crippen molar-refractivity contribution >= 4 is 5.91 Å². The molecule has 1 aliphatic carbocycles. The van der Waals surface area contributed by atoms with Gasteiger partial charge in [0.25, 0.3) is 5.91 Å². The van der Waals surface area contributed by atoms with E-state index in [4.69, 9.17) is 5.73 Å². The van der Waals surface area contributed by atoms with Crippen LogP contribution in [0.3, 0.4) is 0 Å². The van der Waals surface area contributed by atoms with Crippen LogP contribution in [-0.2, 0) is 0 Å². The summed E-state index contributed by atoms with van der Waals surface area (Å²) in [5, 5.41) is 0. The fourth-order valence-electron chi connectivity index (χ4n) is 3.43. The Hall–Kier alpha value is -1.62. The van der Waals surface area contributed by atoms with E-state index >= 15 is 0 Å². The van der Waals surface area contributed by atoms with Crippen molar-refractivity contribution in [1.29, 1.82) is 0 Å². The van der Waals surface area contributed by atoms with Gasteiger partial charge in [-0.25, -0.2) is 0 Å². The summed E-state index contributed by atoms with van der Waals surface area (Å²) < 4.78 is 0. The number of amides is 1. The largest absolute Gasteiger partial charge is 0.337 e. The standard InChI is InChI=1S/C14H19N3O2/c15-11-4-1-3-9-7-17(8-10(9)11)14(19)12-5-2-6-13(18)16-12/h2,5-6,9-11H,1,3-4,7-8,15H2,(H,16,18). The second kappa shape index (κ2) is 4.81. The highest BCUT2D eigenvalue weighted by Crippen LogP contribution is 2.35. The minimum atomic E-state index is -0.237. The fourth-order valence-corrected chi connectivity index (χ4v) is 3.43. The van der Waals surface area contributed by atoms with Crippen molar-refractivity contribution in [2.45, 2.75) is 25.3 Å². The topological polar surface area (TPSA) is 79.2 Å². The van der Waals surface area contributed by atoms with Crippen LogP contribution in [0.1, 0.15) is 29.8 Å². The Morgan fingerprint density at radius 2 is 2.16 bits per heavy atom. The Morgan fingerprint density at radius 1 is 1.32 bits per heavy atom. The van der Waals surface area contributed by atoms with Gasteiger partial charge in [-0.3, -0.25) is 9.59 Å². The Balaban J connectivity index is 1.77. The zero-order valence-electron chi connectivity index (χ0n) is 10.8. The van der Waals surface area contributed by atoms with E-state index in [9.17, 15) is 9.59 Å². The van der Waals surface area contributed by atoms with Gasteiger partial charge in [-0.2, -0.15) is 0 Å². The third kappa shape index (κ3) is 2.30. The molecule has 1 saturated heterocycles. The van der Waals surface area contributed by atoms with Crippen LogP contribution in [0.4, 0.5) is 0 Å². The van der Waals surface area contributed by atoms with E-state index in [0.29, 0.717) is 17.5 Å². The molecule has 1 aromatic rings. The molecule has 0 bridgehead atoms. The van der Waals surface area contributed by atoms with Gasteiger partial charge in [-0.1, -0.05) is 12.5 Å². The number of hydrogen-bond donors (Lipinski definition) is 2. The molecule has 3 atom stereocenters. The lowest BCUT2D eigenvalue weighted by atomic mass is 9.78. The third-order valence-corrected chi connectivity index (χ3v) is 4.44. The smallest absolute Gasteiger partial charge is 0.270 e. The number of likely N-dealkylation sites (tertiary alicyclic amines) is 1. The maximum absolute atomic E-state index is 12.4. The Bertz CT molecular complexity index is 539. The summed E-state index contributed by atoms with van der Waals surface area (Å²) in [5.74, 6) is 0.871. The van der Waals surface area contributed by atoms with Crippen molar-refractivity contribution < 1.29 is 4.79 Å². The van der Waals surface area contributed by atoms with E-state index < -0.39 is 0 Å². The molecular weight excluding hydrogens is 242 g/mol. The molecule has 2 heterocycles. The minimum Gasteiger partial charge on any atom is -0.337 e. The SMILES string of the molecule is NC1CCCC2CN(C(=O)c3cccc(=O)[nH]3)CC12. The number of hydrogen-bond acceptors (Lipinski definition) is 3. The minimum absolute atomic E-state index is 0.0840. The number of aromatic amines is 1. The summed E-state index contributed by atoms with van der Waals surface area (Å²) in [7, 11) is 0. The average molecular weight is 261 g/mol. The normalized spacial score (nSPS) is 30.2. The number of nitrogens with zero attached hydrogens (tertiary/aromatic N) is 1. The van der Waals surface area contributed by atoms with E-state index in [1.807, 2.05) is 4.90 Å². The first-order valence-electron chi connectivity index (χ1n) is 6.89. The van der Waals surface area contributed by atoms with E-state index in [2.05, 4.69) is 4.98 Å². The van der Waals surface area contributed by atoms with E-state index in [-0.39, 0.29) is 17.5 Å². The molecular formula is C14H19N3O2. The van der Waals surface area contributed by atoms with Crippen LogP contribution in [0.5, 0.6) is 0 Å². The number of nitrogens with one attached hydrogen (secondary N) is 1. The molecule has 5 nitrogen and oxygen atoms in total. The molecule has 3 rings (SSSR count). The predicted octanol–water partition coefficient (Wildman–Crippen LogP) is 0.574. The van der Waals surface area contributed by atoms with Gasteiger partial charge in [0.05, 0.1) is 0 Å². The molecule has 102 valence electrons. The number of aromatic nitrogens is 1. The van der Waals surface area contributed by atoms with E-state index in [0.717, 1.165) is 32.4 Å². The van der Waals surface area contributed by atoms with Crippen molar-refractivity contribution in [3.05, 3.63) is 34.2 Å². The molecule has 0 radical (unpaired) electrons. The molecule has 0 spiro atoms. The first kappa shape index (κ1) is 12.4. The Labute approximate surface area is 111 Å². The molecule has 2 aliphatic rings. The van der Waals surface area contributed by atoms with Crippen LogP contribution in [0.25, 0.3) is 0 Å². The van der Waals surface area contributed by atoms with Gasteiger partial charge in [0, 0.05) is 25.2 Å². The lowest BCUT2D eigenvalue weighted by Crippen LogP contribution is -2.38. The van der Waals surface area contributed by atoms with Crippen LogP contribution in [0.2, 0.25) is 0 Å². The van der Waals surface area contributed by atoms with Crippen molar-refractivity contribution in [2.24, 2.45) is 17.6 Å². The monoisotopic (exact) mass is 261 g/mol. The van der Waals surface area contributed by atoms with Crippen LogP contribution >= 0.6 is 0 Å². The highest BCUT2D eigenvalue weighted by atomic mass is 16.2. The molecule has 1 saturated carbocycles. The van der Waals surface area contributed by atoms with E-state index in [1.165, 1.54) is 6.07 Å². The van der Waals surface area contributed by atoms with Gasteiger partial charge in [-0.05, 0) is 30.7 Å². The van der Waals surface area contributed by atoms with Gasteiger partial charge in [0.1, 0.15) is 5.69 Å². The summed E-state index contributed by atoms with van der Waals surface area (Å²) in [6, 6.07) is 4.90. The fraction of sp³-hybridized carbons (Fsp3) is 0.571. The first-order chi connectivity index (χ1) is 9.15. The molecule has 3 unspecified atom stereocenters. The number of fused-ring (bicyclic) bond motifs is 1. The van der Waals surface area contributed by atoms with Crippen LogP contribution in [0, 0.1) is 11.8 Å². The quantitative estimate of drug-likeness (QED) is 0.776. The maximum Gasteiger partial charge on any atom is 0.270 e. The number of carbonyl (C=O) groups excluding carboxylic acids is 1. The molecule has 1 amide bonds. The van der Waals surface area contributed by atoms with Crippen LogP contribution < -0.4 is 11.3 Å². The highest BCUT2D eigenvalue weighted by Gasteiger charge is 2.40. The lowest BCUT2D eigenvalue weighted by Gasteiger charge is -2.29. The molecule has 5 heteroatoms. The Kier molecular flexibility index (Phi) is 3.14. The van der Waals surface area contributed by atoms with Crippen molar-refractivity contribution in [1.82, 2.24) is 9.88 Å². The predicted molar refractivity (Wildman–Crippen MR) is 71.8 cm³/mol. The van der Waals surface area contributed by atoms with Gasteiger partial charge in [0.15, 0.2) is 0 Å². The number of carbonyl (C=O) groups is 1. The lowest BCUT2D eigenvalue weighted by molar-refractivity contribution is 0.0777. The van der Waals surface area contributed by atoms with Gasteiger partial charge in [-0.15, -0.1) is 0 Å². The summed E-state index contributed by atoms with van der Waals surface area (Å²) in [4.78, 5) is 28.1. The number of pyridine rings is 1. The molecule has 19 heavy (non-hydrogen) atoms. The summed E-state index contributed by atoms with van der Waals surface area (Å²) in [5.41, 5.74) is 6.29. The third-order valence-electron chi connectivity index (χ3n) is 4.44. The van der Waals surface area contributed by atoms with Gasteiger partial charge in [0.2, 0.25) is 5.56 Å². The molecule has 2 fully saturated rings. The summed E-state index contributed by atoms with van der Waals surface area (Å²) in [6.45, 7) is 1.50. The van der Waals surface area contributed by atoms with Crippen LogP contribution in [0.15, 0.2) is 23.0 Å². The second-order valence-corrected chi connectivity index (χ2v) is 5.66. The molecule has 1 aromatic heterocycles. The van der Waals surface area contributed by atoms with Crippen molar-refractivity contribution in [2.75, 3.05) is 13.1 Å². The zero-order valence-corrected chi connectivity index (χ0v) is 10.8. The van der Waals surface area contributed by atoms with Crippen LogP contribution in [-0.4, -0.2) is 34.9 Å². The first-order valence-corrected chi connectivity index (χ1v) is 6.89. The molecule has 0 aromatic carbocycles. The molecule has 3 N–H and O–H groups in total. The highest BCUT2D eigenvalue weighted by molar-refractivity contribution is 5.92. The van der Waals surface area contributed by atoms with Gasteiger partial charge >= 0.3 is 0 Å². The van der Waals surface area contributed by atoms with E-state index in [1.54, 1.807) is 12.1 Å². The summed E-state index contributed by atoms with van der Waals surface area (Å²) in [6.07, 6.45) is 3.38. The number of nitrogens with two attached hydrogens (primary N) is 1. The maximum atomic E-state index is 12.4. The molecule has 1 aliphatic heterocycles. The Morgan fingerprint density at radius 3 is 2.89 bits per heavy atom. The van der Waals surface area contributed by atoms with Crippen molar-refractivity contribution in [3.63, 3.8) is 0 Å². The number of H-pyrrole nitrogens is 1. The van der Waals surface area contributed by atoms with Gasteiger partial charge < -0.3 is 15.6 Å². The summed E-state index contributed by atoms with van der Waals surface area (Å²) >= 11 is 0. The average Bonchev–Trinajstić information content (AvgIpc) is 2.83. The van der Waals surface area contributed by atoms with Crippen molar-refractivity contribution in [3.8, 4) is 0 Å².